The van der Waals surface area contributed by atoms with E-state index in [1.54, 1.807) is 30.0 Å². The standard InChI is InChI=1S/C11H10BrN3OS/c12-8-1-2-9(7(3-8)4-13)15-11(16)10-5-17-6-14-10/h1-3,10,14H,5-6H2,(H,15,16). The lowest BCUT2D eigenvalue weighted by Crippen LogP contribution is -2.37. The second-order valence-corrected chi connectivity index (χ2v) is 5.51. The highest BCUT2D eigenvalue weighted by atomic mass is 79.9. The molecule has 1 aliphatic heterocycles. The fourth-order valence-electron chi connectivity index (χ4n) is 1.50. The van der Waals surface area contributed by atoms with Crippen LogP contribution in [0.25, 0.3) is 0 Å². The zero-order valence-electron chi connectivity index (χ0n) is 8.87. The zero-order valence-corrected chi connectivity index (χ0v) is 11.3. The summed E-state index contributed by atoms with van der Waals surface area (Å²) in [6, 6.07) is 7.10. The van der Waals surface area contributed by atoms with Gasteiger partial charge < -0.3 is 5.32 Å². The first-order chi connectivity index (χ1) is 8.20. The highest BCUT2D eigenvalue weighted by Gasteiger charge is 2.22. The van der Waals surface area contributed by atoms with Crippen LogP contribution in [0.5, 0.6) is 0 Å². The number of halogens is 1. The summed E-state index contributed by atoms with van der Waals surface area (Å²) in [7, 11) is 0. The van der Waals surface area contributed by atoms with Crippen LogP contribution in [0.1, 0.15) is 5.56 Å². The van der Waals surface area contributed by atoms with E-state index in [9.17, 15) is 4.79 Å². The van der Waals surface area contributed by atoms with E-state index in [4.69, 9.17) is 5.26 Å². The molecule has 2 rings (SSSR count). The Morgan fingerprint density at radius 3 is 3.12 bits per heavy atom. The predicted molar refractivity (Wildman–Crippen MR) is 71.7 cm³/mol. The van der Waals surface area contributed by atoms with Gasteiger partial charge in [0.2, 0.25) is 5.91 Å². The van der Waals surface area contributed by atoms with Crippen molar-refractivity contribution in [3.05, 3.63) is 28.2 Å². The van der Waals surface area contributed by atoms with Crippen LogP contribution in [0.15, 0.2) is 22.7 Å². The van der Waals surface area contributed by atoms with Crippen molar-refractivity contribution in [1.82, 2.24) is 5.32 Å². The summed E-state index contributed by atoms with van der Waals surface area (Å²) < 4.78 is 0.821. The van der Waals surface area contributed by atoms with E-state index in [-0.39, 0.29) is 11.9 Å². The minimum absolute atomic E-state index is 0.0891. The van der Waals surface area contributed by atoms with Crippen LogP contribution in [0.2, 0.25) is 0 Å². The lowest BCUT2D eigenvalue weighted by Gasteiger charge is -2.11. The second-order valence-electron chi connectivity index (χ2n) is 3.56. The van der Waals surface area contributed by atoms with Gasteiger partial charge in [-0.1, -0.05) is 15.9 Å². The molecule has 4 nitrogen and oxygen atoms in total. The Morgan fingerprint density at radius 1 is 1.65 bits per heavy atom. The molecule has 1 unspecified atom stereocenters. The van der Waals surface area contributed by atoms with Crippen LogP contribution in [0, 0.1) is 11.3 Å². The first kappa shape index (κ1) is 12.4. The zero-order chi connectivity index (χ0) is 12.3. The smallest absolute Gasteiger partial charge is 0.242 e. The normalized spacial score (nSPS) is 18.7. The van der Waals surface area contributed by atoms with Crippen LogP contribution in [-0.2, 0) is 4.79 Å². The number of carbonyl (C=O) groups excluding carboxylic acids is 1. The van der Waals surface area contributed by atoms with Gasteiger partial charge in [-0.25, -0.2) is 0 Å². The topological polar surface area (TPSA) is 64.9 Å². The number of hydrogen-bond acceptors (Lipinski definition) is 4. The summed E-state index contributed by atoms with van der Waals surface area (Å²) in [6.07, 6.45) is 0. The third-order valence-electron chi connectivity index (χ3n) is 2.39. The van der Waals surface area contributed by atoms with E-state index in [1.807, 2.05) is 0 Å². The van der Waals surface area contributed by atoms with Crippen molar-refractivity contribution >= 4 is 39.3 Å². The molecule has 88 valence electrons. The average Bonchev–Trinajstić information content (AvgIpc) is 2.85. The Kier molecular flexibility index (Phi) is 4.05. The SMILES string of the molecule is N#Cc1cc(Br)ccc1NC(=O)C1CSCN1. The predicted octanol–water partition coefficient (Wildman–Crippen LogP) is 1.92. The molecule has 1 aromatic carbocycles. The number of anilines is 1. The Hall–Kier alpha value is -1.03. The largest absolute Gasteiger partial charge is 0.324 e. The molecule has 0 aliphatic carbocycles. The molecule has 17 heavy (non-hydrogen) atoms. The van der Waals surface area contributed by atoms with E-state index in [0.717, 1.165) is 16.1 Å². The Balaban J connectivity index is 2.13. The molecule has 1 heterocycles. The minimum atomic E-state index is -0.171. The van der Waals surface area contributed by atoms with Gasteiger partial charge in [0.25, 0.3) is 0 Å². The van der Waals surface area contributed by atoms with Gasteiger partial charge in [0.1, 0.15) is 6.07 Å². The maximum absolute atomic E-state index is 11.9. The van der Waals surface area contributed by atoms with Crippen LogP contribution in [0.3, 0.4) is 0 Å². The number of nitriles is 1. The first-order valence-electron chi connectivity index (χ1n) is 5.02. The minimum Gasteiger partial charge on any atom is -0.324 e. The van der Waals surface area contributed by atoms with Crippen molar-refractivity contribution in [2.24, 2.45) is 0 Å². The van der Waals surface area contributed by atoms with Gasteiger partial charge >= 0.3 is 0 Å². The number of benzene rings is 1. The van der Waals surface area contributed by atoms with Gasteiger partial charge in [-0.3, -0.25) is 10.1 Å². The number of hydrogen-bond donors (Lipinski definition) is 2. The molecule has 1 atom stereocenters. The number of amides is 1. The van der Waals surface area contributed by atoms with Crippen LogP contribution < -0.4 is 10.6 Å². The fraction of sp³-hybridized carbons (Fsp3) is 0.273. The third-order valence-corrected chi connectivity index (χ3v) is 3.83. The van der Waals surface area contributed by atoms with Crippen molar-refractivity contribution in [2.75, 3.05) is 16.9 Å². The first-order valence-corrected chi connectivity index (χ1v) is 6.97. The molecule has 1 saturated heterocycles. The lowest BCUT2D eigenvalue weighted by molar-refractivity contribution is -0.117. The maximum Gasteiger partial charge on any atom is 0.242 e. The highest BCUT2D eigenvalue weighted by Crippen LogP contribution is 2.21. The molecule has 6 heteroatoms. The monoisotopic (exact) mass is 311 g/mol. The fourth-order valence-corrected chi connectivity index (χ4v) is 2.80. The molecule has 1 aromatic rings. The van der Waals surface area contributed by atoms with Gasteiger partial charge in [-0.15, -0.1) is 11.8 Å². The van der Waals surface area contributed by atoms with Crippen molar-refractivity contribution in [1.29, 1.82) is 5.26 Å². The molecule has 1 fully saturated rings. The van der Waals surface area contributed by atoms with Gasteiger partial charge in [0.15, 0.2) is 0 Å². The van der Waals surface area contributed by atoms with E-state index in [0.29, 0.717) is 11.3 Å². The third kappa shape index (κ3) is 3.00. The summed E-state index contributed by atoms with van der Waals surface area (Å²) >= 11 is 4.98. The highest BCUT2D eigenvalue weighted by molar-refractivity contribution is 9.10. The van der Waals surface area contributed by atoms with Crippen LogP contribution >= 0.6 is 27.7 Å². The van der Waals surface area contributed by atoms with Crippen LogP contribution in [0.4, 0.5) is 5.69 Å². The molecule has 1 amide bonds. The molecule has 0 saturated carbocycles. The van der Waals surface area contributed by atoms with Crippen molar-refractivity contribution in [3.8, 4) is 6.07 Å². The van der Waals surface area contributed by atoms with E-state index >= 15 is 0 Å². The molecular weight excluding hydrogens is 302 g/mol. The summed E-state index contributed by atoms with van der Waals surface area (Å²) in [6.45, 7) is 0. The number of rotatable bonds is 2. The summed E-state index contributed by atoms with van der Waals surface area (Å²) in [4.78, 5) is 11.9. The summed E-state index contributed by atoms with van der Waals surface area (Å²) in [5, 5.41) is 14.8. The summed E-state index contributed by atoms with van der Waals surface area (Å²) in [5.74, 6) is 1.47. The van der Waals surface area contributed by atoms with Crippen LogP contribution in [-0.4, -0.2) is 23.6 Å². The van der Waals surface area contributed by atoms with Crippen molar-refractivity contribution in [3.63, 3.8) is 0 Å². The number of nitrogens with one attached hydrogen (secondary N) is 2. The van der Waals surface area contributed by atoms with Crippen molar-refractivity contribution in [2.45, 2.75) is 6.04 Å². The maximum atomic E-state index is 11.9. The van der Waals surface area contributed by atoms with E-state index in [1.165, 1.54) is 0 Å². The molecule has 0 aromatic heterocycles. The Morgan fingerprint density at radius 2 is 2.47 bits per heavy atom. The molecule has 0 spiro atoms. The van der Waals surface area contributed by atoms with Crippen molar-refractivity contribution < 1.29 is 4.79 Å². The van der Waals surface area contributed by atoms with Gasteiger partial charge in [-0.05, 0) is 18.2 Å². The Bertz CT molecular complexity index is 480. The quantitative estimate of drug-likeness (QED) is 0.876. The van der Waals surface area contributed by atoms with E-state index in [2.05, 4.69) is 32.6 Å². The lowest BCUT2D eigenvalue weighted by atomic mass is 10.2. The molecule has 0 bridgehead atoms. The second kappa shape index (κ2) is 5.54. The van der Waals surface area contributed by atoms with Gasteiger partial charge in [-0.2, -0.15) is 5.26 Å². The van der Waals surface area contributed by atoms with Gasteiger partial charge in [0.05, 0.1) is 17.3 Å². The average molecular weight is 312 g/mol. The Labute approximate surface area is 112 Å². The van der Waals surface area contributed by atoms with Gasteiger partial charge in [0, 0.05) is 16.1 Å². The molecule has 2 N–H and O–H groups in total. The van der Waals surface area contributed by atoms with E-state index < -0.39 is 0 Å². The number of nitrogens with zero attached hydrogens (tertiary/aromatic N) is 1. The molecular formula is C11H10BrN3OS. The number of carbonyl (C=O) groups is 1. The summed E-state index contributed by atoms with van der Waals surface area (Å²) in [5.41, 5.74) is 1.01. The number of thioether (sulfide) groups is 1. The molecule has 0 radical (unpaired) electrons. The molecule has 1 aliphatic rings.